The van der Waals surface area contributed by atoms with E-state index >= 15 is 0 Å². The molecule has 0 spiro atoms. The summed E-state index contributed by atoms with van der Waals surface area (Å²) in [5.74, 6) is 0. The third-order valence-corrected chi connectivity index (χ3v) is 24.5. The van der Waals surface area contributed by atoms with Crippen molar-refractivity contribution in [1.82, 2.24) is 9.13 Å². The molecule has 4 aliphatic rings. The molecular weight excluding hydrogens is 1430 g/mol. The average Bonchev–Trinajstić information content (AvgIpc) is 1.16. The maximum Gasteiger partial charge on any atom is 0.252 e. The zero-order valence-corrected chi connectivity index (χ0v) is 64.9. The van der Waals surface area contributed by atoms with Gasteiger partial charge in [-0.1, -0.05) is 273 Å². The van der Waals surface area contributed by atoms with Crippen molar-refractivity contribution < 1.29 is 0 Å². The van der Waals surface area contributed by atoms with E-state index in [1.807, 2.05) is 0 Å². The molecule has 0 saturated heterocycles. The second-order valence-corrected chi connectivity index (χ2v) is 31.2. The highest BCUT2D eigenvalue weighted by molar-refractivity contribution is 7.01. The largest absolute Gasteiger partial charge is 0.311 e. The maximum absolute atomic E-state index is 2.52. The SMILES string of the molecule is Cc1cc2c3c(c1)N(c1ccccc1)c1cc(N(c4ccccc4)c4ccccc4)ccc1B3c1ccc(-c3ccccc3)cc1N2c1cccc(-c2ccccc2)c1.c1ccc(N2c3cc(-n4c5ccccc5c5ccccc54)ccc3B3c4ccc(-n5c6ccccc6c6ccccc65)cc4N(c4ccccc4)c4cccc2c43)cc1. The van der Waals surface area contributed by atoms with Crippen LogP contribution in [0, 0.1) is 6.92 Å². The van der Waals surface area contributed by atoms with Gasteiger partial charge in [0.25, 0.3) is 13.4 Å². The van der Waals surface area contributed by atoms with Gasteiger partial charge in [-0.3, -0.25) is 0 Å². The van der Waals surface area contributed by atoms with Crippen LogP contribution in [0.1, 0.15) is 5.56 Å². The number of aryl methyl sites for hydroxylation is 1. The Bertz CT molecular complexity index is 6930. The molecule has 0 saturated carbocycles. The lowest BCUT2D eigenvalue weighted by atomic mass is 9.33. The number of fused-ring (bicyclic) bond motifs is 14. The average molecular weight is 1500 g/mol. The lowest BCUT2D eigenvalue weighted by Crippen LogP contribution is -2.61. The Morgan fingerprint density at radius 2 is 0.508 bits per heavy atom. The summed E-state index contributed by atoms with van der Waals surface area (Å²) in [6.07, 6.45) is 0. The van der Waals surface area contributed by atoms with Crippen molar-refractivity contribution in [3.8, 4) is 33.6 Å². The van der Waals surface area contributed by atoms with Crippen LogP contribution >= 0.6 is 0 Å². The summed E-state index contributed by atoms with van der Waals surface area (Å²) in [5, 5.41) is 5.04. The van der Waals surface area contributed by atoms with E-state index in [-0.39, 0.29) is 13.4 Å². The van der Waals surface area contributed by atoms with Crippen LogP contribution in [-0.4, -0.2) is 22.6 Å². The van der Waals surface area contributed by atoms with Gasteiger partial charge in [-0.05, 0) is 231 Å². The summed E-state index contributed by atoms with van der Waals surface area (Å²) in [6, 6.07) is 160. The number of para-hydroxylation sites is 9. The molecule has 0 unspecified atom stereocenters. The number of hydrogen-bond acceptors (Lipinski definition) is 5. The van der Waals surface area contributed by atoms with Crippen molar-refractivity contribution in [2.75, 3.05) is 24.5 Å². The Kier molecular flexibility index (Phi) is 16.2. The second-order valence-electron chi connectivity index (χ2n) is 31.2. The maximum atomic E-state index is 2.52. The van der Waals surface area contributed by atoms with E-state index in [2.05, 4.69) is 477 Å². The fourth-order valence-corrected chi connectivity index (χ4v) is 19.5. The van der Waals surface area contributed by atoms with Crippen LogP contribution in [-0.2, 0) is 0 Å². The predicted molar refractivity (Wildman–Crippen MR) is 500 cm³/mol. The number of nitrogens with zero attached hydrogens (tertiary/aromatic N) is 7. The molecule has 118 heavy (non-hydrogen) atoms. The molecule has 24 rings (SSSR count). The molecule has 0 atom stereocenters. The summed E-state index contributed by atoms with van der Waals surface area (Å²) in [7, 11) is 0. The van der Waals surface area contributed by atoms with Crippen molar-refractivity contribution in [2.45, 2.75) is 6.92 Å². The highest BCUT2D eigenvalue weighted by Gasteiger charge is 2.46. The molecule has 0 aliphatic carbocycles. The Labute approximate surface area is 687 Å². The van der Waals surface area contributed by atoms with E-state index in [0.717, 1.165) is 51.2 Å². The summed E-state index contributed by atoms with van der Waals surface area (Å²) in [4.78, 5) is 12.4. The molecule has 0 N–H and O–H groups in total. The van der Waals surface area contributed by atoms with Crippen molar-refractivity contribution in [3.05, 3.63) is 442 Å². The summed E-state index contributed by atoms with van der Waals surface area (Å²) < 4.78 is 4.87. The van der Waals surface area contributed by atoms with Crippen LogP contribution in [0.4, 0.5) is 85.3 Å². The van der Waals surface area contributed by atoms with Crippen molar-refractivity contribution >= 4 is 175 Å². The van der Waals surface area contributed by atoms with Gasteiger partial charge in [-0.15, -0.1) is 0 Å². The zero-order chi connectivity index (χ0) is 77.9. The molecule has 18 aromatic carbocycles. The molecule has 20 aromatic rings. The Morgan fingerprint density at radius 3 is 0.949 bits per heavy atom. The van der Waals surface area contributed by atoms with Gasteiger partial charge < -0.3 is 33.6 Å². The third kappa shape index (κ3) is 11.1. The molecule has 6 heterocycles. The smallest absolute Gasteiger partial charge is 0.252 e. The fourth-order valence-electron chi connectivity index (χ4n) is 19.5. The van der Waals surface area contributed by atoms with Gasteiger partial charge in [0.1, 0.15) is 0 Å². The van der Waals surface area contributed by atoms with Crippen molar-refractivity contribution in [3.63, 3.8) is 0 Å². The molecule has 0 radical (unpaired) electrons. The van der Waals surface area contributed by atoms with Gasteiger partial charge in [-0.25, -0.2) is 0 Å². The van der Waals surface area contributed by atoms with Gasteiger partial charge in [-0.2, -0.15) is 0 Å². The normalized spacial score (nSPS) is 12.7. The van der Waals surface area contributed by atoms with Gasteiger partial charge in [0, 0.05) is 118 Å². The first kappa shape index (κ1) is 68.3. The second kappa shape index (κ2) is 28.1. The standard InChI is InChI=1S/C55H40BN3.C54H35BN4/c1-39-34-53-55-54(35-39)59(47-29-17-22-42(36-47)40-18-7-2-8-19-40)51-37-43(41-20-9-3-10-21-41)30-32-49(51)56(55)50-33-31-48(38-52(50)58(53)46-27-15-6-16-28-46)57(44-23-11-4-12-24-44)45-25-13-5-14-26-45;1-3-16-36(17-4-1)56-50-28-15-29-51-54(50)55(44-32-30-38(34-52(44)56)58-46-24-11-7-20-40(46)41-21-8-12-25-47(41)58)45-33-31-39(35-53(45)57(51)37-18-5-2-6-19-37)59-48-26-13-9-22-42(48)43-23-10-14-27-49(43)59/h2-38H,1H3;1-35H. The van der Waals surface area contributed by atoms with E-state index < -0.39 is 0 Å². The highest BCUT2D eigenvalue weighted by Crippen LogP contribution is 2.50. The quantitative estimate of drug-likeness (QED) is 0.120. The molecular formula is C109H75B2N7. The molecule has 0 fully saturated rings. The third-order valence-electron chi connectivity index (χ3n) is 24.5. The number of hydrogen-bond donors (Lipinski definition) is 0. The van der Waals surface area contributed by atoms with Crippen LogP contribution in [0.3, 0.4) is 0 Å². The van der Waals surface area contributed by atoms with Crippen molar-refractivity contribution in [2.24, 2.45) is 0 Å². The molecule has 7 nitrogen and oxygen atoms in total. The van der Waals surface area contributed by atoms with Gasteiger partial charge in [0.15, 0.2) is 0 Å². The summed E-state index contributed by atoms with van der Waals surface area (Å²) in [5.41, 5.74) is 38.3. The van der Waals surface area contributed by atoms with E-state index in [1.165, 1.54) is 150 Å². The predicted octanol–water partition coefficient (Wildman–Crippen LogP) is 24.8. The first-order valence-electron chi connectivity index (χ1n) is 40.8. The van der Waals surface area contributed by atoms with Gasteiger partial charge in [0.2, 0.25) is 0 Å². The highest BCUT2D eigenvalue weighted by atomic mass is 15.2. The molecule has 552 valence electrons. The fraction of sp³-hybridized carbons (Fsp3) is 0.00917. The van der Waals surface area contributed by atoms with Crippen LogP contribution in [0.2, 0.25) is 0 Å². The zero-order valence-electron chi connectivity index (χ0n) is 64.9. The van der Waals surface area contributed by atoms with Crippen LogP contribution < -0.4 is 57.3 Å². The molecule has 0 amide bonds. The molecule has 2 aromatic heterocycles. The Balaban J connectivity index is 0.000000138. The minimum atomic E-state index is -0.0000999. The van der Waals surface area contributed by atoms with Crippen LogP contribution in [0.5, 0.6) is 0 Å². The number of benzene rings is 18. The lowest BCUT2D eigenvalue weighted by Gasteiger charge is -2.45. The monoisotopic (exact) mass is 1500 g/mol. The number of rotatable bonds is 11. The van der Waals surface area contributed by atoms with E-state index in [0.29, 0.717) is 0 Å². The van der Waals surface area contributed by atoms with Gasteiger partial charge in [0.05, 0.1) is 22.1 Å². The van der Waals surface area contributed by atoms with E-state index in [1.54, 1.807) is 0 Å². The lowest BCUT2D eigenvalue weighted by molar-refractivity contribution is 1.17. The van der Waals surface area contributed by atoms with E-state index in [4.69, 9.17) is 0 Å². The molecule has 4 aliphatic heterocycles. The van der Waals surface area contributed by atoms with Crippen LogP contribution in [0.15, 0.2) is 437 Å². The number of anilines is 15. The minimum absolute atomic E-state index is 0.0000999. The first-order chi connectivity index (χ1) is 58.5. The molecule has 0 bridgehead atoms. The first-order valence-corrected chi connectivity index (χ1v) is 40.8. The van der Waals surface area contributed by atoms with Gasteiger partial charge >= 0.3 is 0 Å². The van der Waals surface area contributed by atoms with Crippen LogP contribution in [0.25, 0.3) is 77.2 Å². The Hall–Kier alpha value is -15.3. The minimum Gasteiger partial charge on any atom is -0.311 e. The Morgan fingerprint density at radius 1 is 0.195 bits per heavy atom. The topological polar surface area (TPSA) is 26.1 Å². The van der Waals surface area contributed by atoms with E-state index in [9.17, 15) is 0 Å². The summed E-state index contributed by atoms with van der Waals surface area (Å²) >= 11 is 0. The summed E-state index contributed by atoms with van der Waals surface area (Å²) in [6.45, 7) is 2.24. The van der Waals surface area contributed by atoms with Crippen molar-refractivity contribution in [1.29, 1.82) is 0 Å². The molecule has 9 heteroatoms. The number of aromatic nitrogens is 2.